The number of methoxy groups -OCH3 is 1. The molecular formula is C13H17ClN2O4. The molecule has 0 aromatic heterocycles. The Kier molecular flexibility index (Phi) is 4.57. The minimum atomic E-state index is -0.362. The number of amides is 1. The van der Waals surface area contributed by atoms with Crippen molar-refractivity contribution in [2.45, 2.75) is 12.8 Å². The first-order valence-electron chi connectivity index (χ1n) is 6.25. The number of carbonyl (C=O) groups excluding carboxylic acids is 1. The summed E-state index contributed by atoms with van der Waals surface area (Å²) in [6, 6.07) is 1.39. The van der Waals surface area contributed by atoms with Crippen LogP contribution in [0.3, 0.4) is 0 Å². The molecule has 0 saturated heterocycles. The van der Waals surface area contributed by atoms with E-state index in [0.29, 0.717) is 12.5 Å². The number of phenolic OH excluding ortho intramolecular Hbond substituents is 1. The second kappa shape index (κ2) is 6.19. The normalized spacial score (nSPS) is 13.9. The van der Waals surface area contributed by atoms with Crippen LogP contribution in [0.25, 0.3) is 0 Å². The molecule has 1 aromatic carbocycles. The highest BCUT2D eigenvalue weighted by molar-refractivity contribution is 6.35. The smallest absolute Gasteiger partial charge is 0.255 e. The van der Waals surface area contributed by atoms with Gasteiger partial charge < -0.3 is 15.2 Å². The Morgan fingerprint density at radius 2 is 2.20 bits per heavy atom. The quantitative estimate of drug-likeness (QED) is 0.554. The Labute approximate surface area is 122 Å². The molecule has 0 aliphatic heterocycles. The molecule has 0 bridgehead atoms. The molecule has 1 saturated carbocycles. The highest BCUT2D eigenvalue weighted by Gasteiger charge is 2.26. The summed E-state index contributed by atoms with van der Waals surface area (Å²) in [5.41, 5.74) is 2.69. The second-order valence-electron chi connectivity index (χ2n) is 4.62. The first-order chi connectivity index (χ1) is 9.58. The molecule has 0 heterocycles. The van der Waals surface area contributed by atoms with Gasteiger partial charge in [0.15, 0.2) is 11.5 Å². The van der Waals surface area contributed by atoms with Gasteiger partial charge in [-0.05, 0) is 18.8 Å². The third-order valence-corrected chi connectivity index (χ3v) is 3.41. The molecule has 1 aliphatic rings. The topological polar surface area (TPSA) is 79.8 Å². The summed E-state index contributed by atoms with van der Waals surface area (Å²) in [5.74, 6) is 0.117. The molecule has 1 aliphatic carbocycles. The van der Waals surface area contributed by atoms with Crippen molar-refractivity contribution >= 4 is 23.2 Å². The van der Waals surface area contributed by atoms with Gasteiger partial charge in [0.05, 0.1) is 24.8 Å². The first-order valence-corrected chi connectivity index (χ1v) is 6.63. The van der Waals surface area contributed by atoms with Crippen LogP contribution in [0.4, 0.5) is 5.69 Å². The van der Waals surface area contributed by atoms with Crippen molar-refractivity contribution in [3.8, 4) is 11.5 Å². The van der Waals surface area contributed by atoms with Crippen molar-refractivity contribution in [3.05, 3.63) is 16.7 Å². The van der Waals surface area contributed by atoms with Gasteiger partial charge in [-0.1, -0.05) is 11.6 Å². The minimum absolute atomic E-state index is 0.0881. The van der Waals surface area contributed by atoms with Gasteiger partial charge in [0.1, 0.15) is 5.69 Å². The SMILES string of the molecule is CONc1c(O)c(OC)cc(Cl)c1C(=O)NCC1CC1. The lowest BCUT2D eigenvalue weighted by atomic mass is 10.1. The average molecular weight is 301 g/mol. The summed E-state index contributed by atoms with van der Waals surface area (Å²) >= 11 is 6.10. The zero-order valence-corrected chi connectivity index (χ0v) is 12.1. The van der Waals surface area contributed by atoms with Crippen molar-refractivity contribution in [3.63, 3.8) is 0 Å². The number of hydrogen-bond donors (Lipinski definition) is 3. The Bertz CT molecular complexity index is 518. The maximum Gasteiger partial charge on any atom is 0.255 e. The van der Waals surface area contributed by atoms with E-state index in [1.807, 2.05) is 0 Å². The molecule has 20 heavy (non-hydrogen) atoms. The maximum atomic E-state index is 12.2. The molecule has 3 N–H and O–H groups in total. The van der Waals surface area contributed by atoms with Crippen molar-refractivity contribution in [1.82, 2.24) is 5.32 Å². The Balaban J connectivity index is 2.32. The fourth-order valence-corrected chi connectivity index (χ4v) is 2.12. The van der Waals surface area contributed by atoms with E-state index >= 15 is 0 Å². The Morgan fingerprint density at radius 3 is 2.75 bits per heavy atom. The Hall–Kier alpha value is -1.66. The lowest BCUT2D eigenvalue weighted by molar-refractivity contribution is 0.0951. The minimum Gasteiger partial charge on any atom is -0.503 e. The molecular weight excluding hydrogens is 284 g/mol. The molecule has 110 valence electrons. The number of hydrogen-bond acceptors (Lipinski definition) is 5. The van der Waals surface area contributed by atoms with Crippen LogP contribution in [0.15, 0.2) is 6.07 Å². The summed E-state index contributed by atoms with van der Waals surface area (Å²) in [5, 5.41) is 13.0. The average Bonchev–Trinajstić information content (AvgIpc) is 3.24. The molecule has 0 unspecified atom stereocenters. The van der Waals surface area contributed by atoms with Gasteiger partial charge in [-0.2, -0.15) is 0 Å². The largest absolute Gasteiger partial charge is 0.503 e. The molecule has 1 amide bonds. The van der Waals surface area contributed by atoms with Crippen LogP contribution in [-0.4, -0.2) is 31.8 Å². The van der Waals surface area contributed by atoms with Gasteiger partial charge >= 0.3 is 0 Å². The molecule has 1 fully saturated rings. The van der Waals surface area contributed by atoms with E-state index in [2.05, 4.69) is 10.8 Å². The van der Waals surface area contributed by atoms with Crippen LogP contribution < -0.4 is 15.5 Å². The molecule has 0 radical (unpaired) electrons. The zero-order valence-electron chi connectivity index (χ0n) is 11.3. The van der Waals surface area contributed by atoms with E-state index in [9.17, 15) is 9.90 Å². The summed E-state index contributed by atoms with van der Waals surface area (Å²) in [4.78, 5) is 17.0. The van der Waals surface area contributed by atoms with E-state index in [1.165, 1.54) is 20.3 Å². The van der Waals surface area contributed by atoms with Crippen molar-refractivity contribution in [1.29, 1.82) is 0 Å². The Morgan fingerprint density at radius 1 is 1.50 bits per heavy atom. The van der Waals surface area contributed by atoms with Crippen molar-refractivity contribution in [2.24, 2.45) is 5.92 Å². The number of carbonyl (C=O) groups is 1. The summed E-state index contributed by atoms with van der Waals surface area (Å²) in [6.07, 6.45) is 2.26. The number of phenols is 1. The van der Waals surface area contributed by atoms with Gasteiger partial charge in [-0.25, -0.2) is 0 Å². The van der Waals surface area contributed by atoms with Crippen LogP contribution in [0.1, 0.15) is 23.2 Å². The lowest BCUT2D eigenvalue weighted by Gasteiger charge is -2.16. The van der Waals surface area contributed by atoms with Crippen LogP contribution in [0.5, 0.6) is 11.5 Å². The molecule has 6 nitrogen and oxygen atoms in total. The van der Waals surface area contributed by atoms with E-state index in [4.69, 9.17) is 21.2 Å². The van der Waals surface area contributed by atoms with E-state index in [-0.39, 0.29) is 33.7 Å². The van der Waals surface area contributed by atoms with Gasteiger partial charge in [-0.3, -0.25) is 15.1 Å². The summed E-state index contributed by atoms with van der Waals surface area (Å²) < 4.78 is 4.99. The standard InChI is InChI=1S/C13H17ClN2O4/c1-19-9-5-8(14)10(11(12(9)17)16-20-2)13(18)15-6-7-3-4-7/h5,7,16-17H,3-4,6H2,1-2H3,(H,15,18). The summed E-state index contributed by atoms with van der Waals surface area (Å²) in [6.45, 7) is 0.606. The predicted octanol–water partition coefficient (Wildman–Crippen LogP) is 2.17. The van der Waals surface area contributed by atoms with Gasteiger partial charge in [0, 0.05) is 12.6 Å². The maximum absolute atomic E-state index is 12.2. The van der Waals surface area contributed by atoms with Crippen molar-refractivity contribution < 1.29 is 19.5 Å². The molecule has 0 spiro atoms. The highest BCUT2D eigenvalue weighted by Crippen LogP contribution is 2.41. The van der Waals surface area contributed by atoms with E-state index in [0.717, 1.165) is 12.8 Å². The lowest BCUT2D eigenvalue weighted by Crippen LogP contribution is -2.26. The predicted molar refractivity (Wildman–Crippen MR) is 75.4 cm³/mol. The molecule has 1 aromatic rings. The number of nitrogens with one attached hydrogen (secondary N) is 2. The third kappa shape index (κ3) is 3.08. The number of rotatable bonds is 6. The third-order valence-electron chi connectivity index (χ3n) is 3.12. The fourth-order valence-electron chi connectivity index (χ4n) is 1.84. The van der Waals surface area contributed by atoms with Gasteiger partial charge in [-0.15, -0.1) is 0 Å². The molecule has 0 atom stereocenters. The number of ether oxygens (including phenoxy) is 1. The highest BCUT2D eigenvalue weighted by atomic mass is 35.5. The number of anilines is 1. The summed E-state index contributed by atoms with van der Waals surface area (Å²) in [7, 11) is 2.77. The van der Waals surface area contributed by atoms with Crippen LogP contribution in [0.2, 0.25) is 5.02 Å². The van der Waals surface area contributed by atoms with Gasteiger partial charge in [0.25, 0.3) is 5.91 Å². The number of aromatic hydroxyl groups is 1. The van der Waals surface area contributed by atoms with Crippen LogP contribution >= 0.6 is 11.6 Å². The van der Waals surface area contributed by atoms with Crippen LogP contribution in [-0.2, 0) is 4.84 Å². The van der Waals surface area contributed by atoms with Crippen LogP contribution in [0, 0.1) is 5.92 Å². The number of halogens is 1. The molecule has 2 rings (SSSR count). The zero-order chi connectivity index (χ0) is 14.7. The first kappa shape index (κ1) is 14.7. The van der Waals surface area contributed by atoms with Gasteiger partial charge in [0.2, 0.25) is 0 Å². The fraction of sp³-hybridized carbons (Fsp3) is 0.462. The van der Waals surface area contributed by atoms with Crippen molar-refractivity contribution in [2.75, 3.05) is 26.2 Å². The monoisotopic (exact) mass is 300 g/mol. The molecule has 7 heteroatoms. The van der Waals surface area contributed by atoms with E-state index in [1.54, 1.807) is 0 Å². The number of benzene rings is 1. The van der Waals surface area contributed by atoms with E-state index < -0.39 is 0 Å². The second-order valence-corrected chi connectivity index (χ2v) is 5.03.